The van der Waals surface area contributed by atoms with Crippen LogP contribution in [0.25, 0.3) is 0 Å². The Bertz CT molecular complexity index is 489. The topological polar surface area (TPSA) is 46.3 Å². The lowest BCUT2D eigenvalue weighted by Crippen LogP contribution is -2.44. The van der Waals surface area contributed by atoms with E-state index in [1.165, 1.54) is 6.42 Å². The lowest BCUT2D eigenvalue weighted by atomic mass is 10.0. The van der Waals surface area contributed by atoms with Crippen LogP contribution in [0, 0.1) is 12.8 Å². The van der Waals surface area contributed by atoms with E-state index >= 15 is 0 Å². The number of hydrogen-bond acceptors (Lipinski definition) is 2. The Morgan fingerprint density at radius 1 is 1.45 bits per heavy atom. The van der Waals surface area contributed by atoms with Gasteiger partial charge in [-0.2, -0.15) is 0 Å². The number of halogens is 1. The second kappa shape index (κ2) is 6.72. The fraction of sp³-hybridized carbons (Fsp3) is 0.562. The van der Waals surface area contributed by atoms with Crippen LogP contribution in [0.2, 0.25) is 0 Å². The molecule has 0 aliphatic heterocycles. The van der Waals surface area contributed by atoms with Gasteiger partial charge in [0.25, 0.3) is 5.91 Å². The molecule has 0 heterocycles. The molecule has 1 saturated carbocycles. The minimum atomic E-state index is 0.119. The van der Waals surface area contributed by atoms with E-state index in [2.05, 4.69) is 15.9 Å². The molecular formula is C16H23BrN2O. The third-order valence-electron chi connectivity index (χ3n) is 4.28. The number of benzene rings is 1. The summed E-state index contributed by atoms with van der Waals surface area (Å²) >= 11 is 3.50. The Morgan fingerprint density at radius 2 is 2.20 bits per heavy atom. The number of nitrogens with zero attached hydrogens (tertiary/aromatic N) is 1. The summed E-state index contributed by atoms with van der Waals surface area (Å²) < 4.78 is 0.869. The largest absolute Gasteiger partial charge is 0.336 e. The first-order valence-corrected chi connectivity index (χ1v) is 8.15. The molecule has 0 saturated heterocycles. The first-order valence-electron chi connectivity index (χ1n) is 7.35. The van der Waals surface area contributed by atoms with Crippen LogP contribution in [0.3, 0.4) is 0 Å². The molecule has 0 radical (unpaired) electrons. The molecule has 2 N–H and O–H groups in total. The SMILES string of the molecule is CCN(C(=O)c1cc(C)ccc1Br)C1CCCC1CN. The zero-order valence-corrected chi connectivity index (χ0v) is 13.8. The summed E-state index contributed by atoms with van der Waals surface area (Å²) in [7, 11) is 0. The molecule has 1 aromatic rings. The van der Waals surface area contributed by atoms with Crippen molar-refractivity contribution in [2.75, 3.05) is 13.1 Å². The van der Waals surface area contributed by atoms with Gasteiger partial charge < -0.3 is 10.6 Å². The summed E-state index contributed by atoms with van der Waals surface area (Å²) in [6, 6.07) is 6.22. The van der Waals surface area contributed by atoms with E-state index in [4.69, 9.17) is 5.73 Å². The minimum Gasteiger partial charge on any atom is -0.336 e. The molecule has 1 amide bonds. The number of aryl methyl sites for hydroxylation is 1. The second-order valence-corrected chi connectivity index (χ2v) is 6.42. The highest BCUT2D eigenvalue weighted by Gasteiger charge is 2.33. The first kappa shape index (κ1) is 15.5. The van der Waals surface area contributed by atoms with E-state index in [0.29, 0.717) is 18.5 Å². The lowest BCUT2D eigenvalue weighted by molar-refractivity contribution is 0.0651. The molecule has 1 aliphatic carbocycles. The number of carbonyl (C=O) groups is 1. The Morgan fingerprint density at radius 3 is 2.85 bits per heavy atom. The molecule has 110 valence electrons. The van der Waals surface area contributed by atoms with Crippen LogP contribution >= 0.6 is 15.9 Å². The standard InChI is InChI=1S/C16H23BrN2O/c1-3-19(15-6-4-5-12(15)10-18)16(20)13-9-11(2)7-8-14(13)17/h7-9,12,15H,3-6,10,18H2,1-2H3. The van der Waals surface area contributed by atoms with Crippen LogP contribution in [0.5, 0.6) is 0 Å². The highest BCUT2D eigenvalue weighted by molar-refractivity contribution is 9.10. The van der Waals surface area contributed by atoms with Gasteiger partial charge >= 0.3 is 0 Å². The van der Waals surface area contributed by atoms with E-state index in [-0.39, 0.29) is 5.91 Å². The molecule has 1 aromatic carbocycles. The van der Waals surface area contributed by atoms with E-state index in [1.807, 2.05) is 36.9 Å². The zero-order chi connectivity index (χ0) is 14.7. The molecule has 0 aromatic heterocycles. The van der Waals surface area contributed by atoms with Gasteiger partial charge in [0.2, 0.25) is 0 Å². The molecule has 1 fully saturated rings. The molecular weight excluding hydrogens is 316 g/mol. The number of amides is 1. The normalized spacial score (nSPS) is 22.0. The van der Waals surface area contributed by atoms with Gasteiger partial charge in [0.05, 0.1) is 5.56 Å². The Balaban J connectivity index is 2.27. The number of carbonyl (C=O) groups excluding carboxylic acids is 1. The predicted molar refractivity (Wildman–Crippen MR) is 85.8 cm³/mol. The molecule has 20 heavy (non-hydrogen) atoms. The smallest absolute Gasteiger partial charge is 0.255 e. The molecule has 1 aliphatic rings. The fourth-order valence-corrected chi connectivity index (χ4v) is 3.61. The lowest BCUT2D eigenvalue weighted by Gasteiger charge is -2.32. The van der Waals surface area contributed by atoms with Crippen molar-refractivity contribution in [2.24, 2.45) is 11.7 Å². The van der Waals surface area contributed by atoms with Crippen molar-refractivity contribution in [3.05, 3.63) is 33.8 Å². The highest BCUT2D eigenvalue weighted by atomic mass is 79.9. The average Bonchev–Trinajstić information content (AvgIpc) is 2.90. The molecule has 2 rings (SSSR count). The predicted octanol–water partition coefficient (Wildman–Crippen LogP) is 3.35. The van der Waals surface area contributed by atoms with Gasteiger partial charge in [0, 0.05) is 17.1 Å². The van der Waals surface area contributed by atoms with Gasteiger partial charge in [-0.15, -0.1) is 0 Å². The fourth-order valence-electron chi connectivity index (χ4n) is 3.19. The third kappa shape index (κ3) is 3.07. The van der Waals surface area contributed by atoms with Crippen LogP contribution in [0.4, 0.5) is 0 Å². The zero-order valence-electron chi connectivity index (χ0n) is 12.2. The van der Waals surface area contributed by atoms with E-state index in [1.54, 1.807) is 0 Å². The first-order chi connectivity index (χ1) is 9.58. The molecule has 3 nitrogen and oxygen atoms in total. The summed E-state index contributed by atoms with van der Waals surface area (Å²) in [5.41, 5.74) is 7.73. The number of hydrogen-bond donors (Lipinski definition) is 1. The van der Waals surface area contributed by atoms with Gasteiger partial charge in [-0.1, -0.05) is 18.1 Å². The summed E-state index contributed by atoms with van der Waals surface area (Å²) in [6.07, 6.45) is 3.39. The maximum atomic E-state index is 12.9. The van der Waals surface area contributed by atoms with Crippen LogP contribution < -0.4 is 5.73 Å². The van der Waals surface area contributed by atoms with Crippen molar-refractivity contribution in [3.63, 3.8) is 0 Å². The third-order valence-corrected chi connectivity index (χ3v) is 4.97. The molecule has 0 bridgehead atoms. The summed E-state index contributed by atoms with van der Waals surface area (Å²) in [5, 5.41) is 0. The van der Waals surface area contributed by atoms with Gasteiger partial charge in [-0.05, 0) is 67.2 Å². The maximum absolute atomic E-state index is 12.9. The van der Waals surface area contributed by atoms with Crippen LogP contribution in [0.1, 0.15) is 42.1 Å². The number of rotatable bonds is 4. The minimum absolute atomic E-state index is 0.119. The molecule has 4 heteroatoms. The van der Waals surface area contributed by atoms with Crippen molar-refractivity contribution in [1.82, 2.24) is 4.90 Å². The monoisotopic (exact) mass is 338 g/mol. The Hall–Kier alpha value is -0.870. The van der Waals surface area contributed by atoms with E-state index in [0.717, 1.165) is 35.0 Å². The van der Waals surface area contributed by atoms with Crippen molar-refractivity contribution in [3.8, 4) is 0 Å². The second-order valence-electron chi connectivity index (χ2n) is 5.57. The van der Waals surface area contributed by atoms with Gasteiger partial charge in [0.1, 0.15) is 0 Å². The van der Waals surface area contributed by atoms with Crippen LogP contribution in [-0.4, -0.2) is 29.9 Å². The average molecular weight is 339 g/mol. The quantitative estimate of drug-likeness (QED) is 0.914. The molecule has 0 spiro atoms. The summed E-state index contributed by atoms with van der Waals surface area (Å²) in [6.45, 7) is 5.47. The van der Waals surface area contributed by atoms with Crippen molar-refractivity contribution >= 4 is 21.8 Å². The van der Waals surface area contributed by atoms with Gasteiger partial charge in [-0.25, -0.2) is 0 Å². The Labute approximate surface area is 129 Å². The highest BCUT2D eigenvalue weighted by Crippen LogP contribution is 2.31. The van der Waals surface area contributed by atoms with Gasteiger partial charge in [-0.3, -0.25) is 4.79 Å². The van der Waals surface area contributed by atoms with Crippen molar-refractivity contribution in [2.45, 2.75) is 39.2 Å². The van der Waals surface area contributed by atoms with E-state index < -0.39 is 0 Å². The Kier molecular flexibility index (Phi) is 5.22. The maximum Gasteiger partial charge on any atom is 0.255 e. The van der Waals surface area contributed by atoms with Crippen molar-refractivity contribution < 1.29 is 4.79 Å². The van der Waals surface area contributed by atoms with Crippen LogP contribution in [-0.2, 0) is 0 Å². The molecule has 2 atom stereocenters. The van der Waals surface area contributed by atoms with E-state index in [9.17, 15) is 4.79 Å². The molecule has 2 unspecified atom stereocenters. The summed E-state index contributed by atoms with van der Waals surface area (Å²) in [4.78, 5) is 14.9. The van der Waals surface area contributed by atoms with Crippen LogP contribution in [0.15, 0.2) is 22.7 Å². The van der Waals surface area contributed by atoms with Crippen molar-refractivity contribution in [1.29, 1.82) is 0 Å². The summed E-state index contributed by atoms with van der Waals surface area (Å²) in [5.74, 6) is 0.566. The van der Waals surface area contributed by atoms with Gasteiger partial charge in [0.15, 0.2) is 0 Å². The number of nitrogens with two attached hydrogens (primary N) is 1.